The number of hydrogen-bond donors (Lipinski definition) is 1. The summed E-state index contributed by atoms with van der Waals surface area (Å²) in [5, 5.41) is 9.28. The minimum absolute atomic E-state index is 0.0656. The van der Waals surface area contributed by atoms with Gasteiger partial charge in [0.2, 0.25) is 5.60 Å². The maximum atomic E-state index is 13.6. The van der Waals surface area contributed by atoms with E-state index in [-0.39, 0.29) is 12.8 Å². The van der Waals surface area contributed by atoms with Gasteiger partial charge in [-0.2, -0.15) is 13.2 Å². The normalized spacial score (nSPS) is 39.0. The van der Waals surface area contributed by atoms with Gasteiger partial charge >= 0.3 is 6.18 Å². The quantitative estimate of drug-likeness (QED) is 0.740. The van der Waals surface area contributed by atoms with Crippen LogP contribution in [0.3, 0.4) is 0 Å². The minimum atomic E-state index is -5.28. The van der Waals surface area contributed by atoms with Crippen molar-refractivity contribution in [1.29, 1.82) is 0 Å². The van der Waals surface area contributed by atoms with Crippen molar-refractivity contribution in [2.24, 2.45) is 11.8 Å². The standard InChI is InChI=1S/C10H15F5O/c1-3-6-5-8(16,10(13,14)15)9(11,12)7(6)4-2/h6-7,16H,3-5H2,1-2H3. The molecule has 0 aromatic heterocycles. The summed E-state index contributed by atoms with van der Waals surface area (Å²) in [5.41, 5.74) is -3.86. The predicted molar refractivity (Wildman–Crippen MR) is 48.1 cm³/mol. The molecule has 96 valence electrons. The Labute approximate surface area is 90.6 Å². The van der Waals surface area contributed by atoms with E-state index >= 15 is 0 Å². The topological polar surface area (TPSA) is 20.2 Å². The van der Waals surface area contributed by atoms with Crippen LogP contribution in [0.15, 0.2) is 0 Å². The van der Waals surface area contributed by atoms with Crippen LogP contribution < -0.4 is 0 Å². The van der Waals surface area contributed by atoms with E-state index in [0.29, 0.717) is 0 Å². The lowest BCUT2D eigenvalue weighted by Gasteiger charge is -2.33. The minimum Gasteiger partial charge on any atom is -0.376 e. The zero-order valence-electron chi connectivity index (χ0n) is 9.11. The van der Waals surface area contributed by atoms with E-state index in [2.05, 4.69) is 0 Å². The number of alkyl halides is 5. The molecule has 3 unspecified atom stereocenters. The lowest BCUT2D eigenvalue weighted by Crippen LogP contribution is -2.57. The van der Waals surface area contributed by atoms with Crippen LogP contribution in [0.2, 0.25) is 0 Å². The third-order valence-electron chi connectivity index (χ3n) is 3.58. The molecular weight excluding hydrogens is 231 g/mol. The second-order valence-electron chi connectivity index (χ2n) is 4.37. The molecule has 1 fully saturated rings. The summed E-state index contributed by atoms with van der Waals surface area (Å²) >= 11 is 0. The Hall–Kier alpha value is -0.390. The lowest BCUT2D eigenvalue weighted by atomic mass is 9.89. The van der Waals surface area contributed by atoms with Crippen LogP contribution in [0, 0.1) is 11.8 Å². The first-order chi connectivity index (χ1) is 7.11. The third-order valence-corrected chi connectivity index (χ3v) is 3.58. The van der Waals surface area contributed by atoms with Crippen LogP contribution in [0.1, 0.15) is 33.1 Å². The average Bonchev–Trinajstić information content (AvgIpc) is 2.34. The summed E-state index contributed by atoms with van der Waals surface area (Å²) in [7, 11) is 0. The Morgan fingerprint density at radius 2 is 1.69 bits per heavy atom. The highest BCUT2D eigenvalue weighted by molar-refractivity contribution is 5.10. The molecule has 0 aliphatic heterocycles. The van der Waals surface area contributed by atoms with Gasteiger partial charge < -0.3 is 5.11 Å². The van der Waals surface area contributed by atoms with Gasteiger partial charge in [-0.1, -0.05) is 20.3 Å². The summed E-state index contributed by atoms with van der Waals surface area (Å²) in [6, 6.07) is 0. The maximum absolute atomic E-state index is 13.6. The van der Waals surface area contributed by atoms with Crippen molar-refractivity contribution >= 4 is 0 Å². The molecular formula is C10H15F5O. The van der Waals surface area contributed by atoms with E-state index in [9.17, 15) is 27.1 Å². The molecule has 0 heterocycles. The zero-order chi connectivity index (χ0) is 12.8. The van der Waals surface area contributed by atoms with Crippen LogP contribution >= 0.6 is 0 Å². The Balaban J connectivity index is 3.16. The first kappa shape index (κ1) is 13.7. The smallest absolute Gasteiger partial charge is 0.376 e. The molecule has 0 saturated heterocycles. The van der Waals surface area contributed by atoms with Crippen molar-refractivity contribution in [3.63, 3.8) is 0 Å². The summed E-state index contributed by atoms with van der Waals surface area (Å²) in [6.07, 6.45) is -6.04. The molecule has 0 aromatic carbocycles. The molecule has 0 aromatic rings. The van der Waals surface area contributed by atoms with Crippen molar-refractivity contribution in [2.75, 3.05) is 0 Å². The second kappa shape index (κ2) is 3.82. The molecule has 16 heavy (non-hydrogen) atoms. The van der Waals surface area contributed by atoms with Gasteiger partial charge in [-0.05, 0) is 18.8 Å². The summed E-state index contributed by atoms with van der Waals surface area (Å²) < 4.78 is 64.8. The molecule has 0 bridgehead atoms. The molecule has 0 radical (unpaired) electrons. The Bertz CT molecular complexity index is 262. The van der Waals surface area contributed by atoms with E-state index in [1.807, 2.05) is 0 Å². The monoisotopic (exact) mass is 246 g/mol. The molecule has 6 heteroatoms. The van der Waals surface area contributed by atoms with Gasteiger partial charge in [0.25, 0.3) is 5.92 Å². The molecule has 1 nitrogen and oxygen atoms in total. The van der Waals surface area contributed by atoms with E-state index in [0.717, 1.165) is 0 Å². The fraction of sp³-hybridized carbons (Fsp3) is 1.00. The van der Waals surface area contributed by atoms with Gasteiger partial charge in [0.1, 0.15) is 0 Å². The van der Waals surface area contributed by atoms with Gasteiger partial charge in [0.05, 0.1) is 0 Å². The van der Waals surface area contributed by atoms with Crippen molar-refractivity contribution in [3.05, 3.63) is 0 Å². The SMILES string of the molecule is CCC1CC(O)(C(F)(F)F)C(F)(F)C1CC. The van der Waals surface area contributed by atoms with Crippen LogP contribution in [-0.2, 0) is 0 Å². The average molecular weight is 246 g/mol. The first-order valence-corrected chi connectivity index (χ1v) is 5.28. The van der Waals surface area contributed by atoms with Crippen molar-refractivity contribution in [2.45, 2.75) is 50.8 Å². The third kappa shape index (κ3) is 1.61. The van der Waals surface area contributed by atoms with Crippen LogP contribution in [0.4, 0.5) is 22.0 Å². The highest BCUT2D eigenvalue weighted by atomic mass is 19.4. The predicted octanol–water partition coefficient (Wildman–Crippen LogP) is 3.37. The van der Waals surface area contributed by atoms with Gasteiger partial charge in [0.15, 0.2) is 0 Å². The zero-order valence-corrected chi connectivity index (χ0v) is 9.11. The second-order valence-corrected chi connectivity index (χ2v) is 4.37. The molecule has 3 atom stereocenters. The lowest BCUT2D eigenvalue weighted by molar-refractivity contribution is -0.326. The Morgan fingerprint density at radius 1 is 1.19 bits per heavy atom. The fourth-order valence-corrected chi connectivity index (χ4v) is 2.58. The summed E-state index contributed by atoms with van der Waals surface area (Å²) in [6.45, 7) is 2.98. The molecule has 1 rings (SSSR count). The Kier molecular flexibility index (Phi) is 3.27. The van der Waals surface area contributed by atoms with Crippen LogP contribution in [-0.4, -0.2) is 22.8 Å². The summed E-state index contributed by atoms with van der Waals surface area (Å²) in [5.74, 6) is -6.28. The van der Waals surface area contributed by atoms with Crippen molar-refractivity contribution < 1.29 is 27.1 Å². The van der Waals surface area contributed by atoms with E-state index < -0.39 is 36.0 Å². The van der Waals surface area contributed by atoms with Gasteiger partial charge in [-0.25, -0.2) is 8.78 Å². The van der Waals surface area contributed by atoms with Gasteiger partial charge in [-0.3, -0.25) is 0 Å². The number of halogens is 5. The molecule has 0 spiro atoms. The molecule has 0 amide bonds. The highest BCUT2D eigenvalue weighted by Crippen LogP contribution is 2.58. The largest absolute Gasteiger partial charge is 0.423 e. The molecule has 1 aliphatic rings. The van der Waals surface area contributed by atoms with Crippen molar-refractivity contribution in [1.82, 2.24) is 0 Å². The molecule has 1 saturated carbocycles. The molecule has 1 aliphatic carbocycles. The van der Waals surface area contributed by atoms with Crippen LogP contribution in [0.5, 0.6) is 0 Å². The van der Waals surface area contributed by atoms with Gasteiger partial charge in [-0.15, -0.1) is 0 Å². The van der Waals surface area contributed by atoms with E-state index in [4.69, 9.17) is 0 Å². The van der Waals surface area contributed by atoms with E-state index in [1.54, 1.807) is 6.92 Å². The number of aliphatic hydroxyl groups is 1. The molecule has 1 N–H and O–H groups in total. The first-order valence-electron chi connectivity index (χ1n) is 5.28. The van der Waals surface area contributed by atoms with Crippen molar-refractivity contribution in [3.8, 4) is 0 Å². The van der Waals surface area contributed by atoms with E-state index in [1.165, 1.54) is 6.92 Å². The highest BCUT2D eigenvalue weighted by Gasteiger charge is 2.76. The number of rotatable bonds is 2. The Morgan fingerprint density at radius 3 is 1.94 bits per heavy atom. The van der Waals surface area contributed by atoms with Gasteiger partial charge in [0, 0.05) is 5.92 Å². The maximum Gasteiger partial charge on any atom is 0.423 e. The number of hydrogen-bond acceptors (Lipinski definition) is 1. The fourth-order valence-electron chi connectivity index (χ4n) is 2.58. The summed E-state index contributed by atoms with van der Waals surface area (Å²) in [4.78, 5) is 0. The van der Waals surface area contributed by atoms with Crippen LogP contribution in [0.25, 0.3) is 0 Å².